The van der Waals surface area contributed by atoms with Gasteiger partial charge in [-0.1, -0.05) is 40.9 Å². The highest BCUT2D eigenvalue weighted by atomic mass is 35.5. The van der Waals surface area contributed by atoms with Crippen molar-refractivity contribution in [3.63, 3.8) is 0 Å². The minimum atomic E-state index is -0.773. The highest BCUT2D eigenvalue weighted by molar-refractivity contribution is 7.13. The van der Waals surface area contributed by atoms with Crippen molar-refractivity contribution in [1.29, 1.82) is 0 Å². The third-order valence-electron chi connectivity index (χ3n) is 3.05. The van der Waals surface area contributed by atoms with Gasteiger partial charge in [0.25, 0.3) is 11.8 Å². The van der Waals surface area contributed by atoms with Gasteiger partial charge in [0.15, 0.2) is 6.10 Å². The topological polar surface area (TPSA) is 65.2 Å². The molecule has 3 rings (SSSR count). The third-order valence-corrected chi connectivity index (χ3v) is 5.03. The summed E-state index contributed by atoms with van der Waals surface area (Å²) in [5.41, 5.74) is -0.00400. The van der Waals surface area contributed by atoms with Crippen molar-refractivity contribution in [3.05, 3.63) is 56.2 Å². The van der Waals surface area contributed by atoms with Gasteiger partial charge in [0, 0.05) is 0 Å². The number of rotatable bonds is 4. The van der Waals surface area contributed by atoms with Gasteiger partial charge in [-0.25, -0.2) is 4.79 Å². The lowest BCUT2D eigenvalue weighted by atomic mass is 10.2. The molecule has 24 heavy (non-hydrogen) atoms. The number of nitrogens with zero attached hydrogens (tertiary/aromatic N) is 2. The Morgan fingerprint density at radius 3 is 2.67 bits per heavy atom. The van der Waals surface area contributed by atoms with E-state index in [-0.39, 0.29) is 26.5 Å². The minimum absolute atomic E-state index is 0.00400. The molecule has 3 aromatic rings. The van der Waals surface area contributed by atoms with Crippen molar-refractivity contribution >= 4 is 52.1 Å². The molecule has 1 aromatic carbocycles. The minimum Gasteiger partial charge on any atom is -0.449 e. The van der Waals surface area contributed by atoms with Crippen LogP contribution < -0.4 is 0 Å². The lowest BCUT2D eigenvalue weighted by molar-refractivity contribution is 0.0280. The van der Waals surface area contributed by atoms with Crippen molar-refractivity contribution < 1.29 is 13.9 Å². The molecule has 0 aliphatic heterocycles. The fourth-order valence-electron chi connectivity index (χ4n) is 1.88. The molecular formula is C15H9Cl3N2O3S. The summed E-state index contributed by atoms with van der Waals surface area (Å²) < 4.78 is 10.8. The van der Waals surface area contributed by atoms with E-state index < -0.39 is 12.1 Å². The van der Waals surface area contributed by atoms with Crippen LogP contribution in [0, 0.1) is 0 Å². The van der Waals surface area contributed by atoms with E-state index in [9.17, 15) is 4.79 Å². The van der Waals surface area contributed by atoms with E-state index in [1.165, 1.54) is 23.5 Å². The Morgan fingerprint density at radius 2 is 1.96 bits per heavy atom. The van der Waals surface area contributed by atoms with Crippen LogP contribution in [0.3, 0.4) is 0 Å². The Balaban J connectivity index is 1.79. The van der Waals surface area contributed by atoms with Crippen molar-refractivity contribution in [3.8, 4) is 10.8 Å². The lowest BCUT2D eigenvalue weighted by Crippen LogP contribution is -2.11. The van der Waals surface area contributed by atoms with Gasteiger partial charge in [0.05, 0.1) is 25.5 Å². The molecule has 0 unspecified atom stereocenters. The van der Waals surface area contributed by atoms with Crippen LogP contribution in [-0.2, 0) is 4.74 Å². The van der Waals surface area contributed by atoms with Crippen LogP contribution in [0.1, 0.15) is 29.3 Å². The fraction of sp³-hybridized carbons (Fsp3) is 0.133. The van der Waals surface area contributed by atoms with Gasteiger partial charge in [-0.3, -0.25) is 0 Å². The molecule has 0 aliphatic rings. The van der Waals surface area contributed by atoms with Crippen molar-refractivity contribution in [2.24, 2.45) is 0 Å². The second-order valence-electron chi connectivity index (χ2n) is 4.69. The first-order valence-corrected chi connectivity index (χ1v) is 8.70. The van der Waals surface area contributed by atoms with Crippen LogP contribution in [0.4, 0.5) is 0 Å². The first-order valence-electron chi connectivity index (χ1n) is 6.69. The van der Waals surface area contributed by atoms with Gasteiger partial charge in [-0.2, -0.15) is 0 Å². The molecule has 5 nitrogen and oxygen atoms in total. The van der Waals surface area contributed by atoms with Crippen LogP contribution in [0.5, 0.6) is 0 Å². The van der Waals surface area contributed by atoms with Crippen molar-refractivity contribution in [2.45, 2.75) is 13.0 Å². The molecule has 0 aliphatic carbocycles. The van der Waals surface area contributed by atoms with E-state index in [0.29, 0.717) is 5.89 Å². The average Bonchev–Trinajstić information content (AvgIpc) is 3.21. The third kappa shape index (κ3) is 3.42. The number of hydrogen-bond acceptors (Lipinski definition) is 6. The monoisotopic (exact) mass is 402 g/mol. The molecule has 1 atom stereocenters. The van der Waals surface area contributed by atoms with Crippen molar-refractivity contribution in [1.82, 2.24) is 10.2 Å². The van der Waals surface area contributed by atoms with E-state index in [0.717, 1.165) is 4.88 Å². The van der Waals surface area contributed by atoms with Gasteiger partial charge in [0.2, 0.25) is 0 Å². The zero-order valence-corrected chi connectivity index (χ0v) is 15.2. The first kappa shape index (κ1) is 17.2. The number of carbonyl (C=O) groups excluding carboxylic acids is 1. The number of carbonyl (C=O) groups is 1. The Hall–Kier alpha value is -1.60. The highest BCUT2D eigenvalue weighted by Gasteiger charge is 2.24. The molecule has 0 fully saturated rings. The van der Waals surface area contributed by atoms with E-state index in [4.69, 9.17) is 44.0 Å². The maximum atomic E-state index is 12.3. The number of thiophene rings is 1. The Labute approximate surface area is 156 Å². The summed E-state index contributed by atoms with van der Waals surface area (Å²) in [6.45, 7) is 1.61. The standard InChI is InChI=1S/C15H9Cl3N2O3S/c1-7(13-19-20-14(23-13)10-3-2-6-24-10)22-15(21)11-8(16)4-5-9(17)12(11)18/h2-7H,1H3/t7-/m0/s1. The summed E-state index contributed by atoms with van der Waals surface area (Å²) in [7, 11) is 0. The molecular weight excluding hydrogens is 395 g/mol. The average molecular weight is 404 g/mol. The maximum Gasteiger partial charge on any atom is 0.342 e. The van der Waals surface area contributed by atoms with Gasteiger partial charge in [0.1, 0.15) is 0 Å². The number of aromatic nitrogens is 2. The second-order valence-corrected chi connectivity index (χ2v) is 6.83. The number of halogens is 3. The SMILES string of the molecule is C[C@H](OC(=O)c1c(Cl)ccc(Cl)c1Cl)c1nnc(-c2cccs2)o1. The summed E-state index contributed by atoms with van der Waals surface area (Å²) >= 11 is 19.4. The normalized spacial score (nSPS) is 12.2. The molecule has 0 spiro atoms. The zero-order chi connectivity index (χ0) is 17.3. The van der Waals surface area contributed by atoms with Crippen LogP contribution in [-0.4, -0.2) is 16.2 Å². The molecule has 0 saturated heterocycles. The fourth-order valence-corrected chi connectivity index (χ4v) is 3.21. The second kappa shape index (κ2) is 7.11. The smallest absolute Gasteiger partial charge is 0.342 e. The van der Waals surface area contributed by atoms with E-state index in [2.05, 4.69) is 10.2 Å². The quantitative estimate of drug-likeness (QED) is 0.414. The Bertz CT molecular complexity index is 880. The van der Waals surface area contributed by atoms with Crippen LogP contribution in [0.25, 0.3) is 10.8 Å². The molecule has 2 aromatic heterocycles. The van der Waals surface area contributed by atoms with Gasteiger partial charge in [-0.15, -0.1) is 21.5 Å². The predicted molar refractivity (Wildman–Crippen MR) is 92.9 cm³/mol. The van der Waals surface area contributed by atoms with Crippen molar-refractivity contribution in [2.75, 3.05) is 0 Å². The summed E-state index contributed by atoms with van der Waals surface area (Å²) in [6.07, 6.45) is -0.773. The zero-order valence-electron chi connectivity index (χ0n) is 12.1. The summed E-state index contributed by atoms with van der Waals surface area (Å²) in [5, 5.41) is 10.1. The lowest BCUT2D eigenvalue weighted by Gasteiger charge is -2.12. The van der Waals surface area contributed by atoms with E-state index in [1.54, 1.807) is 6.92 Å². The summed E-state index contributed by atoms with van der Waals surface area (Å²) in [4.78, 5) is 13.1. The molecule has 0 saturated carbocycles. The van der Waals surface area contributed by atoms with Crippen LogP contribution >= 0.6 is 46.1 Å². The van der Waals surface area contributed by atoms with E-state index >= 15 is 0 Å². The summed E-state index contributed by atoms with van der Waals surface area (Å²) in [5.74, 6) is -0.196. The van der Waals surface area contributed by atoms with Gasteiger partial charge < -0.3 is 9.15 Å². The molecule has 2 heterocycles. The molecule has 0 radical (unpaired) electrons. The van der Waals surface area contributed by atoms with Gasteiger partial charge in [-0.05, 0) is 30.5 Å². The van der Waals surface area contributed by atoms with E-state index in [1.807, 2.05) is 17.5 Å². The molecule has 124 valence electrons. The van der Waals surface area contributed by atoms with Crippen LogP contribution in [0.2, 0.25) is 15.1 Å². The summed E-state index contributed by atoms with van der Waals surface area (Å²) in [6, 6.07) is 6.69. The Kier molecular flexibility index (Phi) is 5.10. The highest BCUT2D eigenvalue weighted by Crippen LogP contribution is 2.33. The maximum absolute atomic E-state index is 12.3. The first-order chi connectivity index (χ1) is 11.5. The molecule has 0 N–H and O–H groups in total. The molecule has 0 amide bonds. The number of esters is 1. The van der Waals surface area contributed by atoms with Gasteiger partial charge >= 0.3 is 5.97 Å². The number of ether oxygens (including phenoxy) is 1. The number of hydrogen-bond donors (Lipinski definition) is 0. The molecule has 0 bridgehead atoms. The molecule has 9 heteroatoms. The number of benzene rings is 1. The predicted octanol–water partition coefficient (Wildman–Crippen LogP) is 5.68. The van der Waals surface area contributed by atoms with Crippen LogP contribution in [0.15, 0.2) is 34.1 Å². The largest absolute Gasteiger partial charge is 0.449 e. The Morgan fingerprint density at radius 1 is 1.21 bits per heavy atom.